The van der Waals surface area contributed by atoms with Crippen molar-refractivity contribution in [1.29, 1.82) is 0 Å². The molecule has 2 fully saturated rings. The fraction of sp³-hybridized carbons (Fsp3) is 0.667. The highest BCUT2D eigenvalue weighted by molar-refractivity contribution is 6.30. The molecule has 2 saturated heterocycles. The molecule has 0 radical (unpaired) electrons. The van der Waals surface area contributed by atoms with Crippen molar-refractivity contribution in [2.24, 2.45) is 5.41 Å². The molecular formula is C18H26ClFN4O. The molecule has 0 bridgehead atoms. The van der Waals surface area contributed by atoms with Gasteiger partial charge in [0.2, 0.25) is 5.91 Å². The zero-order chi connectivity index (χ0) is 18.0. The molecule has 1 aromatic heterocycles. The molecule has 7 heteroatoms. The second kappa shape index (κ2) is 7.46. The van der Waals surface area contributed by atoms with Crippen molar-refractivity contribution in [3.8, 4) is 0 Å². The minimum Gasteiger partial charge on any atom is -0.354 e. The minimum atomic E-state index is -0.374. The quantitative estimate of drug-likeness (QED) is 0.819. The lowest BCUT2D eigenvalue weighted by molar-refractivity contribution is -0.138. The molecule has 1 amide bonds. The summed E-state index contributed by atoms with van der Waals surface area (Å²) in [5, 5.41) is 0.311. The standard InChI is InChI=1S/C18H26ClFN4O/c1-22(2)8-9-23-12-18(6-4-16(23)25)5-3-7-24(13-18)17-15(20)10-14(19)11-21-17/h10-11H,3-9,12-13H2,1-2H3/t18-/m0/s1. The summed E-state index contributed by atoms with van der Waals surface area (Å²) in [7, 11) is 4.03. The maximum Gasteiger partial charge on any atom is 0.222 e. The molecule has 1 aromatic rings. The third kappa shape index (κ3) is 4.23. The predicted molar refractivity (Wildman–Crippen MR) is 97.5 cm³/mol. The number of likely N-dealkylation sites (N-methyl/N-ethyl adjacent to an activating group) is 1. The van der Waals surface area contributed by atoms with Gasteiger partial charge in [0.1, 0.15) is 0 Å². The fourth-order valence-corrected chi connectivity index (χ4v) is 4.13. The number of pyridine rings is 1. The Morgan fingerprint density at radius 2 is 2.16 bits per heavy atom. The average molecular weight is 369 g/mol. The second-order valence-electron chi connectivity index (χ2n) is 7.60. The largest absolute Gasteiger partial charge is 0.354 e. The first-order chi connectivity index (χ1) is 11.9. The van der Waals surface area contributed by atoms with Crippen molar-refractivity contribution in [3.05, 3.63) is 23.1 Å². The van der Waals surface area contributed by atoms with Crippen LogP contribution in [0.3, 0.4) is 0 Å². The monoisotopic (exact) mass is 368 g/mol. The van der Waals surface area contributed by atoms with Gasteiger partial charge in [-0.1, -0.05) is 11.6 Å². The van der Waals surface area contributed by atoms with Crippen LogP contribution in [0.2, 0.25) is 5.02 Å². The molecule has 25 heavy (non-hydrogen) atoms. The number of piperidine rings is 2. The number of carbonyl (C=O) groups excluding carboxylic acids is 1. The Labute approximate surface area is 153 Å². The minimum absolute atomic E-state index is 0.0340. The molecule has 5 nitrogen and oxygen atoms in total. The molecular weight excluding hydrogens is 343 g/mol. The Morgan fingerprint density at radius 3 is 2.88 bits per heavy atom. The van der Waals surface area contributed by atoms with E-state index in [9.17, 15) is 9.18 Å². The van der Waals surface area contributed by atoms with Gasteiger partial charge in [-0.2, -0.15) is 0 Å². The average Bonchev–Trinajstić information content (AvgIpc) is 2.56. The van der Waals surface area contributed by atoms with E-state index in [4.69, 9.17) is 11.6 Å². The van der Waals surface area contributed by atoms with Crippen molar-refractivity contribution in [1.82, 2.24) is 14.8 Å². The molecule has 1 atom stereocenters. The number of amides is 1. The molecule has 1 spiro atoms. The Morgan fingerprint density at radius 1 is 1.36 bits per heavy atom. The number of carbonyl (C=O) groups is 1. The maximum atomic E-state index is 14.3. The number of hydrogen-bond donors (Lipinski definition) is 0. The molecule has 0 aliphatic carbocycles. The zero-order valence-electron chi connectivity index (χ0n) is 15.0. The highest BCUT2D eigenvalue weighted by Crippen LogP contribution is 2.40. The molecule has 3 rings (SSSR count). The van der Waals surface area contributed by atoms with E-state index >= 15 is 0 Å². The molecule has 0 aromatic carbocycles. The third-order valence-corrected chi connectivity index (χ3v) is 5.52. The van der Waals surface area contributed by atoms with E-state index < -0.39 is 0 Å². The van der Waals surface area contributed by atoms with E-state index in [0.29, 0.717) is 17.3 Å². The smallest absolute Gasteiger partial charge is 0.222 e. The molecule has 2 aliphatic heterocycles. The summed E-state index contributed by atoms with van der Waals surface area (Å²) in [6, 6.07) is 1.32. The topological polar surface area (TPSA) is 39.7 Å². The van der Waals surface area contributed by atoms with Crippen molar-refractivity contribution in [3.63, 3.8) is 0 Å². The first-order valence-electron chi connectivity index (χ1n) is 8.87. The van der Waals surface area contributed by atoms with Gasteiger partial charge in [0, 0.05) is 50.8 Å². The van der Waals surface area contributed by atoms with E-state index in [1.165, 1.54) is 12.3 Å². The molecule has 0 N–H and O–H groups in total. The predicted octanol–water partition coefficient (Wildman–Crippen LogP) is 2.64. The third-order valence-electron chi connectivity index (χ3n) is 5.31. The van der Waals surface area contributed by atoms with Crippen LogP contribution in [0.5, 0.6) is 0 Å². The van der Waals surface area contributed by atoms with Crippen LogP contribution in [0.1, 0.15) is 25.7 Å². The number of halogens is 2. The zero-order valence-corrected chi connectivity index (χ0v) is 15.7. The van der Waals surface area contributed by atoms with Gasteiger partial charge in [0.25, 0.3) is 0 Å². The van der Waals surface area contributed by atoms with E-state index in [1.807, 2.05) is 23.9 Å². The summed E-state index contributed by atoms with van der Waals surface area (Å²) in [6.07, 6.45) is 5.01. The Bertz CT molecular complexity index is 642. The van der Waals surface area contributed by atoms with E-state index in [-0.39, 0.29) is 17.1 Å². The van der Waals surface area contributed by atoms with Gasteiger partial charge in [0.05, 0.1) is 5.02 Å². The van der Waals surface area contributed by atoms with Crippen molar-refractivity contribution in [2.75, 3.05) is 51.7 Å². The number of hydrogen-bond acceptors (Lipinski definition) is 4. The van der Waals surface area contributed by atoms with Crippen molar-refractivity contribution in [2.45, 2.75) is 25.7 Å². The highest BCUT2D eigenvalue weighted by atomic mass is 35.5. The summed E-state index contributed by atoms with van der Waals surface area (Å²) in [6.45, 7) is 3.90. The highest BCUT2D eigenvalue weighted by Gasteiger charge is 2.42. The van der Waals surface area contributed by atoms with Crippen LogP contribution < -0.4 is 4.90 Å². The Balaban J connectivity index is 1.73. The Hall–Kier alpha value is -1.40. The number of nitrogens with zero attached hydrogens (tertiary/aromatic N) is 4. The van der Waals surface area contributed by atoms with Crippen LogP contribution in [0.15, 0.2) is 12.3 Å². The van der Waals surface area contributed by atoms with Gasteiger partial charge < -0.3 is 14.7 Å². The first-order valence-corrected chi connectivity index (χ1v) is 9.25. The van der Waals surface area contributed by atoms with Crippen LogP contribution >= 0.6 is 11.6 Å². The molecule has 0 unspecified atom stereocenters. The molecule has 138 valence electrons. The number of rotatable bonds is 4. The molecule has 3 heterocycles. The summed E-state index contributed by atoms with van der Waals surface area (Å²) in [4.78, 5) is 22.6. The SMILES string of the molecule is CN(C)CCN1C[C@]2(CCCN(c3ncc(Cl)cc3F)C2)CCC1=O. The van der Waals surface area contributed by atoms with E-state index in [1.54, 1.807) is 0 Å². The normalized spacial score (nSPS) is 24.4. The lowest BCUT2D eigenvalue weighted by atomic mass is 9.73. The lowest BCUT2D eigenvalue weighted by Crippen LogP contribution is -2.55. The van der Waals surface area contributed by atoms with E-state index in [2.05, 4.69) is 9.88 Å². The molecule has 0 saturated carbocycles. The Kier molecular flexibility index (Phi) is 5.49. The first kappa shape index (κ1) is 18.4. The van der Waals surface area contributed by atoms with Gasteiger partial charge in [-0.15, -0.1) is 0 Å². The maximum absolute atomic E-state index is 14.3. The van der Waals surface area contributed by atoms with Crippen LogP contribution in [0.4, 0.5) is 10.2 Å². The van der Waals surface area contributed by atoms with Crippen LogP contribution in [0, 0.1) is 11.2 Å². The number of aromatic nitrogens is 1. The molecule has 2 aliphatic rings. The van der Waals surface area contributed by atoms with Gasteiger partial charge in [-0.25, -0.2) is 9.37 Å². The van der Waals surface area contributed by atoms with Gasteiger partial charge >= 0.3 is 0 Å². The summed E-state index contributed by atoms with van der Waals surface area (Å²) in [5.41, 5.74) is 0.0340. The fourth-order valence-electron chi connectivity index (χ4n) is 3.99. The van der Waals surface area contributed by atoms with E-state index in [0.717, 1.165) is 52.0 Å². The summed E-state index contributed by atoms with van der Waals surface area (Å²) >= 11 is 5.82. The van der Waals surface area contributed by atoms with Gasteiger partial charge in [-0.05, 0) is 39.4 Å². The van der Waals surface area contributed by atoms with Gasteiger partial charge in [0.15, 0.2) is 11.6 Å². The summed E-state index contributed by atoms with van der Waals surface area (Å²) < 4.78 is 14.3. The number of anilines is 1. The van der Waals surface area contributed by atoms with Crippen molar-refractivity contribution < 1.29 is 9.18 Å². The van der Waals surface area contributed by atoms with Gasteiger partial charge in [-0.3, -0.25) is 4.79 Å². The van der Waals surface area contributed by atoms with Crippen LogP contribution in [-0.2, 0) is 4.79 Å². The second-order valence-corrected chi connectivity index (χ2v) is 8.04. The van der Waals surface area contributed by atoms with Crippen LogP contribution in [0.25, 0.3) is 0 Å². The number of likely N-dealkylation sites (tertiary alicyclic amines) is 1. The lowest BCUT2D eigenvalue weighted by Gasteiger charge is -2.48. The summed E-state index contributed by atoms with van der Waals surface area (Å²) in [5.74, 6) is 0.238. The van der Waals surface area contributed by atoms with Crippen LogP contribution in [-0.4, -0.2) is 67.5 Å². The van der Waals surface area contributed by atoms with Crippen molar-refractivity contribution >= 4 is 23.3 Å².